The molecule has 14 heavy (non-hydrogen) atoms. The van der Waals surface area contributed by atoms with Crippen LogP contribution in [0.25, 0.3) is 0 Å². The smallest absolute Gasteiger partial charge is 0.228 e. The molecule has 0 saturated heterocycles. The number of hydrogen-bond acceptors (Lipinski definition) is 2. The number of halogens is 1. The summed E-state index contributed by atoms with van der Waals surface area (Å²) in [6.07, 6.45) is 6.01. The first-order valence-corrected chi connectivity index (χ1v) is 5.06. The first kappa shape index (κ1) is 11.5. The summed E-state index contributed by atoms with van der Waals surface area (Å²) in [4.78, 5) is 11.0. The quantitative estimate of drug-likeness (QED) is 0.675. The first-order chi connectivity index (χ1) is 6.56. The summed E-state index contributed by atoms with van der Waals surface area (Å²) in [6.45, 7) is 3.87. The molecule has 0 amide bonds. The second-order valence-electron chi connectivity index (χ2n) is 3.61. The van der Waals surface area contributed by atoms with Crippen molar-refractivity contribution in [2.24, 2.45) is 11.8 Å². The maximum atomic E-state index is 11.0. The van der Waals surface area contributed by atoms with E-state index in [2.05, 4.69) is 6.92 Å². The molecule has 3 heteroatoms. The molecule has 1 aliphatic rings. The lowest BCUT2D eigenvalue weighted by Crippen LogP contribution is -2.21. The highest BCUT2D eigenvalue weighted by Gasteiger charge is 2.21. The second-order valence-corrected chi connectivity index (χ2v) is 3.98. The maximum Gasteiger partial charge on any atom is 0.228 e. The van der Waals surface area contributed by atoms with E-state index in [4.69, 9.17) is 16.3 Å². The molecular weight excluding hydrogens is 200 g/mol. The SMILES string of the molecule is COC1C=C(C(C)C(=O)Cl)C=C[C@@H]1C. The molecule has 0 N–H and O–H groups in total. The van der Waals surface area contributed by atoms with E-state index in [0.717, 1.165) is 5.57 Å². The molecular formula is C11H15ClO2. The van der Waals surface area contributed by atoms with Gasteiger partial charge in [-0.05, 0) is 17.2 Å². The van der Waals surface area contributed by atoms with E-state index >= 15 is 0 Å². The van der Waals surface area contributed by atoms with E-state index in [1.165, 1.54) is 0 Å². The highest BCUT2D eigenvalue weighted by molar-refractivity contribution is 6.64. The van der Waals surface area contributed by atoms with Gasteiger partial charge in [0, 0.05) is 13.0 Å². The number of hydrogen-bond donors (Lipinski definition) is 0. The van der Waals surface area contributed by atoms with Crippen LogP contribution in [-0.2, 0) is 9.53 Å². The molecule has 1 rings (SSSR count). The van der Waals surface area contributed by atoms with E-state index in [1.807, 2.05) is 18.2 Å². The van der Waals surface area contributed by atoms with Crippen LogP contribution in [0.3, 0.4) is 0 Å². The van der Waals surface area contributed by atoms with Gasteiger partial charge in [-0.1, -0.05) is 32.1 Å². The normalized spacial score (nSPS) is 28.4. The fraction of sp³-hybridized carbons (Fsp3) is 0.545. The van der Waals surface area contributed by atoms with E-state index in [1.54, 1.807) is 14.0 Å². The van der Waals surface area contributed by atoms with E-state index in [9.17, 15) is 4.79 Å². The summed E-state index contributed by atoms with van der Waals surface area (Å²) < 4.78 is 5.28. The van der Waals surface area contributed by atoms with Crippen molar-refractivity contribution >= 4 is 16.8 Å². The van der Waals surface area contributed by atoms with Gasteiger partial charge < -0.3 is 4.74 Å². The Morgan fingerprint density at radius 2 is 2.29 bits per heavy atom. The van der Waals surface area contributed by atoms with Crippen molar-refractivity contribution in [3.05, 3.63) is 23.8 Å². The van der Waals surface area contributed by atoms with Crippen LogP contribution in [0.5, 0.6) is 0 Å². The van der Waals surface area contributed by atoms with Crippen LogP contribution in [0.1, 0.15) is 13.8 Å². The van der Waals surface area contributed by atoms with Gasteiger partial charge in [0.1, 0.15) is 0 Å². The molecule has 0 heterocycles. The van der Waals surface area contributed by atoms with Gasteiger partial charge >= 0.3 is 0 Å². The van der Waals surface area contributed by atoms with E-state index in [0.29, 0.717) is 5.92 Å². The minimum atomic E-state index is -0.328. The average Bonchev–Trinajstić information content (AvgIpc) is 2.17. The van der Waals surface area contributed by atoms with Crippen LogP contribution in [0.2, 0.25) is 0 Å². The molecule has 0 fully saturated rings. The monoisotopic (exact) mass is 214 g/mol. The summed E-state index contributed by atoms with van der Waals surface area (Å²) >= 11 is 5.43. The Balaban J connectivity index is 2.81. The van der Waals surface area contributed by atoms with E-state index in [-0.39, 0.29) is 17.3 Å². The summed E-state index contributed by atoms with van der Waals surface area (Å²) in [5, 5.41) is -0.328. The average molecular weight is 215 g/mol. The molecule has 1 aliphatic carbocycles. The summed E-state index contributed by atoms with van der Waals surface area (Å²) in [6, 6.07) is 0. The van der Waals surface area contributed by atoms with Crippen LogP contribution in [-0.4, -0.2) is 18.5 Å². The Hall–Kier alpha value is -0.600. The number of methoxy groups -OCH3 is 1. The predicted molar refractivity (Wildman–Crippen MR) is 57.2 cm³/mol. The zero-order valence-corrected chi connectivity index (χ0v) is 9.41. The van der Waals surface area contributed by atoms with Crippen LogP contribution in [0.4, 0.5) is 0 Å². The predicted octanol–water partition coefficient (Wildman–Crippen LogP) is 2.54. The maximum absolute atomic E-state index is 11.0. The van der Waals surface area contributed by atoms with Gasteiger partial charge in [-0.2, -0.15) is 0 Å². The molecule has 3 atom stereocenters. The third kappa shape index (κ3) is 2.46. The molecule has 0 saturated carbocycles. The minimum absolute atomic E-state index is 0.0495. The van der Waals surface area contributed by atoms with Crippen molar-refractivity contribution in [1.29, 1.82) is 0 Å². The molecule has 0 radical (unpaired) electrons. The Bertz CT molecular complexity index is 281. The Morgan fingerprint density at radius 3 is 2.79 bits per heavy atom. The molecule has 0 bridgehead atoms. The zero-order valence-electron chi connectivity index (χ0n) is 8.66. The summed E-state index contributed by atoms with van der Waals surface area (Å²) in [5.74, 6) is 0.0967. The van der Waals surface area contributed by atoms with Crippen LogP contribution in [0.15, 0.2) is 23.8 Å². The standard InChI is InChI=1S/C11H15ClO2/c1-7-4-5-9(6-10(7)14-3)8(2)11(12)13/h4-8,10H,1-3H3/t7-,8?,10?/m0/s1. The molecule has 0 aliphatic heterocycles. The van der Waals surface area contributed by atoms with Crippen molar-refractivity contribution in [3.63, 3.8) is 0 Å². The fourth-order valence-corrected chi connectivity index (χ4v) is 1.60. The Labute approximate surface area is 89.6 Å². The minimum Gasteiger partial charge on any atom is -0.377 e. The van der Waals surface area contributed by atoms with Crippen LogP contribution >= 0.6 is 11.6 Å². The van der Waals surface area contributed by atoms with Crippen molar-refractivity contribution < 1.29 is 9.53 Å². The highest BCUT2D eigenvalue weighted by atomic mass is 35.5. The van der Waals surface area contributed by atoms with Crippen molar-refractivity contribution in [2.75, 3.05) is 7.11 Å². The molecule has 0 aromatic heterocycles. The van der Waals surface area contributed by atoms with E-state index < -0.39 is 0 Å². The summed E-state index contributed by atoms with van der Waals surface area (Å²) in [7, 11) is 1.67. The van der Waals surface area contributed by atoms with Gasteiger partial charge in [0.25, 0.3) is 0 Å². The van der Waals surface area contributed by atoms with Crippen LogP contribution < -0.4 is 0 Å². The fourth-order valence-electron chi connectivity index (χ4n) is 1.47. The third-order valence-electron chi connectivity index (χ3n) is 2.58. The van der Waals surface area contributed by atoms with Gasteiger partial charge in [-0.15, -0.1) is 0 Å². The molecule has 78 valence electrons. The topological polar surface area (TPSA) is 26.3 Å². The highest BCUT2D eigenvalue weighted by Crippen LogP contribution is 2.24. The first-order valence-electron chi connectivity index (χ1n) is 4.68. The van der Waals surface area contributed by atoms with Crippen molar-refractivity contribution in [3.8, 4) is 0 Å². The lowest BCUT2D eigenvalue weighted by atomic mass is 9.90. The van der Waals surface area contributed by atoms with Gasteiger partial charge in [-0.3, -0.25) is 4.79 Å². The second kappa shape index (κ2) is 4.76. The van der Waals surface area contributed by atoms with Gasteiger partial charge in [0.05, 0.1) is 12.0 Å². The number of allylic oxidation sites excluding steroid dienone is 2. The Kier molecular flexibility index (Phi) is 3.90. The largest absolute Gasteiger partial charge is 0.377 e. The molecule has 2 unspecified atom stereocenters. The molecule has 0 spiro atoms. The number of carbonyl (C=O) groups is 1. The van der Waals surface area contributed by atoms with Gasteiger partial charge in [0.2, 0.25) is 5.24 Å². The lowest BCUT2D eigenvalue weighted by Gasteiger charge is -2.23. The van der Waals surface area contributed by atoms with Crippen molar-refractivity contribution in [2.45, 2.75) is 20.0 Å². The van der Waals surface area contributed by atoms with Gasteiger partial charge in [0.15, 0.2) is 0 Å². The molecule has 0 aromatic carbocycles. The van der Waals surface area contributed by atoms with Gasteiger partial charge in [-0.25, -0.2) is 0 Å². The Morgan fingerprint density at radius 1 is 1.64 bits per heavy atom. The number of rotatable bonds is 3. The lowest BCUT2D eigenvalue weighted by molar-refractivity contribution is -0.113. The molecule has 2 nitrogen and oxygen atoms in total. The molecule has 0 aromatic rings. The number of ether oxygens (including phenoxy) is 1. The number of carbonyl (C=O) groups excluding carboxylic acids is 1. The summed E-state index contributed by atoms with van der Waals surface area (Å²) in [5.41, 5.74) is 0.940. The van der Waals surface area contributed by atoms with Crippen molar-refractivity contribution in [1.82, 2.24) is 0 Å². The third-order valence-corrected chi connectivity index (χ3v) is 2.91. The zero-order chi connectivity index (χ0) is 10.7. The van der Waals surface area contributed by atoms with Crippen LogP contribution in [0, 0.1) is 11.8 Å².